The number of ether oxygens (including phenoxy) is 2. The monoisotopic (exact) mass is 485 g/mol. The smallest absolute Gasteiger partial charge is 0.265 e. The highest BCUT2D eigenvalue weighted by molar-refractivity contribution is 6.05. The molecule has 0 aliphatic rings. The molecule has 0 atom stereocenters. The molecular formula is C28H31N5O3. The quantitative estimate of drug-likeness (QED) is 0.254. The van der Waals surface area contributed by atoms with Gasteiger partial charge in [-0.1, -0.05) is 44.7 Å². The van der Waals surface area contributed by atoms with Crippen LogP contribution in [0.1, 0.15) is 44.9 Å². The van der Waals surface area contributed by atoms with Crippen LogP contribution in [-0.4, -0.2) is 38.3 Å². The van der Waals surface area contributed by atoms with Gasteiger partial charge in [-0.05, 0) is 25.5 Å². The minimum atomic E-state index is -0.0869. The zero-order valence-corrected chi connectivity index (χ0v) is 21.2. The average Bonchev–Trinajstić information content (AvgIpc) is 3.21. The Morgan fingerprint density at radius 2 is 1.50 bits per heavy atom. The third-order valence-electron chi connectivity index (χ3n) is 6.63. The summed E-state index contributed by atoms with van der Waals surface area (Å²) in [6.07, 6.45) is 5.61. The van der Waals surface area contributed by atoms with Crippen molar-refractivity contribution < 1.29 is 9.47 Å². The van der Waals surface area contributed by atoms with Gasteiger partial charge >= 0.3 is 0 Å². The van der Waals surface area contributed by atoms with Crippen molar-refractivity contribution in [3.63, 3.8) is 0 Å². The number of methoxy groups -OCH3 is 2. The highest BCUT2D eigenvalue weighted by Crippen LogP contribution is 2.32. The van der Waals surface area contributed by atoms with Gasteiger partial charge in [-0.15, -0.1) is 0 Å². The molecule has 186 valence electrons. The maximum absolute atomic E-state index is 13.9. The summed E-state index contributed by atoms with van der Waals surface area (Å²) in [7, 11) is 3.22. The first-order valence-electron chi connectivity index (χ1n) is 12.5. The first-order chi connectivity index (χ1) is 17.5. The van der Waals surface area contributed by atoms with E-state index in [4.69, 9.17) is 24.4 Å². The molecular weight excluding hydrogens is 454 g/mol. The van der Waals surface area contributed by atoms with E-state index >= 15 is 0 Å². The number of hydrogen-bond donors (Lipinski definition) is 0. The Hall–Kier alpha value is -3.94. The Balaban J connectivity index is 1.79. The van der Waals surface area contributed by atoms with Gasteiger partial charge < -0.3 is 9.47 Å². The van der Waals surface area contributed by atoms with Crippen molar-refractivity contribution in [3.05, 3.63) is 58.6 Å². The Morgan fingerprint density at radius 1 is 0.833 bits per heavy atom. The Bertz CT molecular complexity index is 1600. The molecule has 0 amide bonds. The number of para-hydroxylation sites is 2. The maximum Gasteiger partial charge on any atom is 0.265 e. The molecule has 3 aromatic heterocycles. The van der Waals surface area contributed by atoms with Crippen LogP contribution in [0.2, 0.25) is 0 Å². The lowest BCUT2D eigenvalue weighted by molar-refractivity contribution is 0.394. The Kier molecular flexibility index (Phi) is 6.59. The number of nitrogens with zero attached hydrogens (tertiary/aromatic N) is 5. The highest BCUT2D eigenvalue weighted by atomic mass is 16.5. The van der Waals surface area contributed by atoms with E-state index in [0.29, 0.717) is 46.1 Å². The molecule has 0 spiro atoms. The zero-order chi connectivity index (χ0) is 25.2. The van der Waals surface area contributed by atoms with Crippen LogP contribution in [0.25, 0.3) is 38.9 Å². The van der Waals surface area contributed by atoms with Gasteiger partial charge in [0.1, 0.15) is 28.2 Å². The van der Waals surface area contributed by atoms with E-state index in [2.05, 4.69) is 6.92 Å². The lowest BCUT2D eigenvalue weighted by Gasteiger charge is -2.12. The molecule has 2 aromatic carbocycles. The summed E-state index contributed by atoms with van der Waals surface area (Å²) in [5, 5.41) is 0.476. The van der Waals surface area contributed by atoms with Crippen molar-refractivity contribution in [2.45, 2.75) is 52.5 Å². The number of unbranched alkanes of at least 4 members (excludes halogenated alkanes) is 4. The van der Waals surface area contributed by atoms with E-state index < -0.39 is 0 Å². The summed E-state index contributed by atoms with van der Waals surface area (Å²) >= 11 is 0. The van der Waals surface area contributed by atoms with Crippen molar-refractivity contribution in [2.75, 3.05) is 14.2 Å². The molecule has 0 fully saturated rings. The summed E-state index contributed by atoms with van der Waals surface area (Å²) in [4.78, 5) is 28.7. The molecule has 0 saturated carbocycles. The molecule has 0 aliphatic carbocycles. The third-order valence-corrected chi connectivity index (χ3v) is 6.63. The Morgan fingerprint density at radius 3 is 2.17 bits per heavy atom. The maximum atomic E-state index is 13.9. The number of aromatic nitrogens is 5. The minimum Gasteiger partial charge on any atom is -0.497 e. The topological polar surface area (TPSA) is 84.1 Å². The first-order valence-corrected chi connectivity index (χ1v) is 12.5. The van der Waals surface area contributed by atoms with Gasteiger partial charge in [0.15, 0.2) is 11.3 Å². The standard InChI is InChI=1S/C28H31N5O3/c1-5-6-7-8-11-14-32-18(2)29-26-24(28(32)34)25-27(31-23-13-10-9-12-22(23)30-25)33(26)19-15-20(35-3)17-21(16-19)36-4/h9-10,12-13,15-17H,5-8,11,14H2,1-4H3. The molecule has 0 unspecified atom stereocenters. The number of hydrogen-bond acceptors (Lipinski definition) is 6. The van der Waals surface area contributed by atoms with E-state index in [0.717, 1.165) is 29.6 Å². The van der Waals surface area contributed by atoms with Crippen molar-refractivity contribution in [1.29, 1.82) is 0 Å². The van der Waals surface area contributed by atoms with Crippen molar-refractivity contribution in [1.82, 2.24) is 24.1 Å². The molecule has 8 heteroatoms. The fourth-order valence-electron chi connectivity index (χ4n) is 4.73. The van der Waals surface area contributed by atoms with E-state index in [1.54, 1.807) is 18.8 Å². The van der Waals surface area contributed by atoms with Gasteiger partial charge in [0.2, 0.25) is 0 Å². The van der Waals surface area contributed by atoms with Crippen LogP contribution in [0.4, 0.5) is 0 Å². The van der Waals surface area contributed by atoms with Gasteiger partial charge in [-0.2, -0.15) is 0 Å². The van der Waals surface area contributed by atoms with E-state index in [-0.39, 0.29) is 5.56 Å². The van der Waals surface area contributed by atoms with Crippen LogP contribution < -0.4 is 15.0 Å². The fraction of sp³-hybridized carbons (Fsp3) is 0.357. The zero-order valence-electron chi connectivity index (χ0n) is 21.2. The van der Waals surface area contributed by atoms with Crippen molar-refractivity contribution in [3.8, 4) is 17.2 Å². The van der Waals surface area contributed by atoms with Crippen LogP contribution in [0.15, 0.2) is 47.3 Å². The summed E-state index contributed by atoms with van der Waals surface area (Å²) in [5.41, 5.74) is 3.78. The van der Waals surface area contributed by atoms with Gasteiger partial charge in [-0.25, -0.2) is 15.0 Å². The number of rotatable bonds is 9. The summed E-state index contributed by atoms with van der Waals surface area (Å²) in [6, 6.07) is 13.3. The van der Waals surface area contributed by atoms with E-state index in [1.807, 2.05) is 54.0 Å². The number of aryl methyl sites for hydroxylation is 1. The van der Waals surface area contributed by atoms with Crippen molar-refractivity contribution >= 4 is 33.2 Å². The molecule has 0 N–H and O–H groups in total. The molecule has 0 saturated heterocycles. The molecule has 0 aliphatic heterocycles. The van der Waals surface area contributed by atoms with E-state index in [9.17, 15) is 4.79 Å². The molecule has 3 heterocycles. The van der Waals surface area contributed by atoms with Crippen LogP contribution in [0.5, 0.6) is 11.5 Å². The van der Waals surface area contributed by atoms with Gasteiger partial charge in [0, 0.05) is 24.7 Å². The number of fused-ring (bicyclic) bond motifs is 4. The molecule has 8 nitrogen and oxygen atoms in total. The highest BCUT2D eigenvalue weighted by Gasteiger charge is 2.23. The third kappa shape index (κ3) is 4.17. The van der Waals surface area contributed by atoms with Crippen molar-refractivity contribution in [2.24, 2.45) is 0 Å². The largest absolute Gasteiger partial charge is 0.497 e. The summed E-state index contributed by atoms with van der Waals surface area (Å²) < 4.78 is 14.7. The second-order valence-electron chi connectivity index (χ2n) is 9.02. The lowest BCUT2D eigenvalue weighted by atomic mass is 10.1. The van der Waals surface area contributed by atoms with Crippen LogP contribution >= 0.6 is 0 Å². The second kappa shape index (κ2) is 9.97. The predicted octanol–water partition coefficient (Wildman–Crippen LogP) is 5.58. The molecule has 5 rings (SSSR count). The SMILES string of the molecule is CCCCCCCn1c(C)nc2c(c1=O)c1nc3ccccc3nc1n2-c1cc(OC)cc(OC)c1. The van der Waals surface area contributed by atoms with Crippen LogP contribution in [0.3, 0.4) is 0 Å². The molecule has 0 bridgehead atoms. The molecule has 0 radical (unpaired) electrons. The summed E-state index contributed by atoms with van der Waals surface area (Å²) in [6.45, 7) is 4.72. The lowest BCUT2D eigenvalue weighted by Crippen LogP contribution is -2.24. The molecule has 5 aromatic rings. The predicted molar refractivity (Wildman–Crippen MR) is 143 cm³/mol. The first kappa shape index (κ1) is 23.8. The Labute approximate surface area is 209 Å². The fourth-order valence-corrected chi connectivity index (χ4v) is 4.73. The molecule has 36 heavy (non-hydrogen) atoms. The minimum absolute atomic E-state index is 0.0869. The summed E-state index contributed by atoms with van der Waals surface area (Å²) in [5.74, 6) is 1.93. The van der Waals surface area contributed by atoms with E-state index in [1.165, 1.54) is 19.3 Å². The van der Waals surface area contributed by atoms with Crippen LogP contribution in [0, 0.1) is 6.92 Å². The second-order valence-corrected chi connectivity index (χ2v) is 9.02. The average molecular weight is 486 g/mol. The normalized spacial score (nSPS) is 11.6. The number of benzene rings is 2. The van der Waals surface area contributed by atoms with Gasteiger partial charge in [-0.3, -0.25) is 13.9 Å². The van der Waals surface area contributed by atoms with Gasteiger partial charge in [0.05, 0.1) is 30.9 Å². The van der Waals surface area contributed by atoms with Gasteiger partial charge in [0.25, 0.3) is 5.56 Å². The van der Waals surface area contributed by atoms with Crippen LogP contribution in [-0.2, 0) is 6.54 Å².